The van der Waals surface area contributed by atoms with E-state index in [1.165, 1.54) is 5.57 Å². The molecule has 0 saturated heterocycles. The summed E-state index contributed by atoms with van der Waals surface area (Å²) in [6.45, 7) is 13.3. The van der Waals surface area contributed by atoms with Crippen molar-refractivity contribution >= 4 is 11.8 Å². The quantitative estimate of drug-likeness (QED) is 0.466. The van der Waals surface area contributed by atoms with Crippen LogP contribution in [-0.2, 0) is 9.59 Å². The fourth-order valence-electron chi connectivity index (χ4n) is 8.65. The van der Waals surface area contributed by atoms with Gasteiger partial charge >= 0.3 is 5.97 Å². The lowest BCUT2D eigenvalue weighted by Gasteiger charge is -2.70. The van der Waals surface area contributed by atoms with Crippen molar-refractivity contribution in [2.24, 2.45) is 33.0 Å². The molecule has 6 atom stereocenters. The molecule has 5 rings (SSSR count). The number of aliphatic hydroxyl groups excluding tert-OH is 1. The highest BCUT2D eigenvalue weighted by Gasteiger charge is 2.67. The van der Waals surface area contributed by atoms with Gasteiger partial charge in [0.2, 0.25) is 5.78 Å². The minimum absolute atomic E-state index is 0.0000746. The zero-order chi connectivity index (χ0) is 24.2. The molecule has 4 unspecified atom stereocenters. The molecule has 4 nitrogen and oxygen atoms in total. The highest BCUT2D eigenvalue weighted by Crippen LogP contribution is 2.75. The number of carbonyl (C=O) groups excluding carboxylic acids is 1. The van der Waals surface area contributed by atoms with Crippen molar-refractivity contribution in [3.63, 3.8) is 0 Å². The molecule has 0 aromatic heterocycles. The first-order valence-corrected chi connectivity index (χ1v) is 12.6. The first-order valence-electron chi connectivity index (χ1n) is 12.6. The number of hydrogen-bond acceptors (Lipinski definition) is 3. The molecule has 0 aromatic carbocycles. The molecule has 0 aromatic rings. The molecule has 3 saturated carbocycles. The van der Waals surface area contributed by atoms with Crippen molar-refractivity contribution in [1.29, 1.82) is 0 Å². The molecule has 0 amide bonds. The molecule has 0 aliphatic heterocycles. The van der Waals surface area contributed by atoms with Gasteiger partial charge in [-0.25, -0.2) is 0 Å². The minimum atomic E-state index is -0.655. The number of carboxylic acid groups (broad SMARTS) is 1. The molecule has 178 valence electrons. The van der Waals surface area contributed by atoms with Crippen LogP contribution in [0.15, 0.2) is 46.3 Å². The molecule has 5 aliphatic rings. The Morgan fingerprint density at radius 1 is 0.970 bits per heavy atom. The van der Waals surface area contributed by atoms with Crippen LogP contribution in [0.25, 0.3) is 0 Å². The van der Waals surface area contributed by atoms with E-state index in [0.29, 0.717) is 11.5 Å². The lowest BCUT2D eigenvalue weighted by Crippen LogP contribution is -2.62. The van der Waals surface area contributed by atoms with Crippen molar-refractivity contribution < 1.29 is 19.8 Å². The van der Waals surface area contributed by atoms with Crippen LogP contribution in [-0.4, -0.2) is 22.0 Å². The lowest BCUT2D eigenvalue weighted by atomic mass is 9.34. The van der Waals surface area contributed by atoms with E-state index in [4.69, 9.17) is 0 Å². The molecule has 0 spiro atoms. The summed E-state index contributed by atoms with van der Waals surface area (Å²) >= 11 is 0. The number of carboxylic acids is 1. The van der Waals surface area contributed by atoms with E-state index < -0.39 is 11.4 Å². The summed E-state index contributed by atoms with van der Waals surface area (Å²) in [4.78, 5) is 24.8. The van der Waals surface area contributed by atoms with Crippen LogP contribution in [0.1, 0.15) is 86.5 Å². The normalized spacial score (nSPS) is 46.8. The summed E-state index contributed by atoms with van der Waals surface area (Å²) in [7, 11) is 0. The summed E-state index contributed by atoms with van der Waals surface area (Å²) in [5.74, 6) is -0.734. The molecule has 33 heavy (non-hydrogen) atoms. The van der Waals surface area contributed by atoms with Crippen LogP contribution < -0.4 is 0 Å². The van der Waals surface area contributed by atoms with Crippen molar-refractivity contribution in [3.05, 3.63) is 46.3 Å². The molecule has 5 aliphatic carbocycles. The first-order chi connectivity index (χ1) is 15.2. The van der Waals surface area contributed by atoms with E-state index in [9.17, 15) is 19.8 Å². The third-order valence-electron chi connectivity index (χ3n) is 11.4. The van der Waals surface area contributed by atoms with Gasteiger partial charge in [0.25, 0.3) is 0 Å². The number of carbonyl (C=O) groups is 2. The molecule has 0 heterocycles. The van der Waals surface area contributed by atoms with Gasteiger partial charge in [0.1, 0.15) is 0 Å². The number of hydrogen-bond donors (Lipinski definition) is 2. The van der Waals surface area contributed by atoms with Crippen LogP contribution in [0, 0.1) is 33.0 Å². The van der Waals surface area contributed by atoms with Gasteiger partial charge in [0.15, 0.2) is 5.76 Å². The predicted octanol–water partition coefficient (Wildman–Crippen LogP) is 6.70. The molecular weight excluding hydrogens is 412 g/mol. The molecule has 0 radical (unpaired) electrons. The van der Waals surface area contributed by atoms with Gasteiger partial charge in [-0.05, 0) is 98.2 Å². The van der Waals surface area contributed by atoms with Crippen molar-refractivity contribution in [3.8, 4) is 0 Å². The fraction of sp³-hybridized carbons (Fsp3) is 0.655. The smallest absolute Gasteiger partial charge is 0.309 e. The van der Waals surface area contributed by atoms with Gasteiger partial charge in [-0.2, -0.15) is 0 Å². The second-order valence-electron chi connectivity index (χ2n) is 12.9. The number of aliphatic hydroxyl groups is 1. The Balaban J connectivity index is 1.64. The number of aliphatic carboxylic acids is 1. The Bertz CT molecular complexity index is 1100. The van der Waals surface area contributed by atoms with Gasteiger partial charge in [-0.3, -0.25) is 9.59 Å². The molecular formula is C29H38O4. The topological polar surface area (TPSA) is 74.6 Å². The zero-order valence-corrected chi connectivity index (χ0v) is 21.0. The predicted molar refractivity (Wildman–Crippen MR) is 129 cm³/mol. The van der Waals surface area contributed by atoms with Crippen LogP contribution in [0.2, 0.25) is 0 Å². The van der Waals surface area contributed by atoms with E-state index in [-0.39, 0.29) is 33.2 Å². The van der Waals surface area contributed by atoms with Gasteiger partial charge in [0, 0.05) is 11.0 Å². The summed E-state index contributed by atoms with van der Waals surface area (Å²) < 4.78 is 0. The summed E-state index contributed by atoms with van der Waals surface area (Å²) in [6.07, 6.45) is 12.7. The third-order valence-corrected chi connectivity index (χ3v) is 11.4. The van der Waals surface area contributed by atoms with Crippen LogP contribution in [0.3, 0.4) is 0 Å². The van der Waals surface area contributed by atoms with E-state index in [0.717, 1.165) is 56.1 Å². The van der Waals surface area contributed by atoms with Crippen LogP contribution >= 0.6 is 0 Å². The van der Waals surface area contributed by atoms with Crippen molar-refractivity contribution in [1.82, 2.24) is 0 Å². The number of ketones is 1. The van der Waals surface area contributed by atoms with Crippen LogP contribution in [0.4, 0.5) is 0 Å². The number of fused-ring (bicyclic) bond motifs is 7. The molecule has 4 heteroatoms. The average Bonchev–Trinajstić information content (AvgIpc) is 2.75. The van der Waals surface area contributed by atoms with E-state index in [1.807, 2.05) is 13.8 Å². The maximum absolute atomic E-state index is 12.6. The fourth-order valence-corrected chi connectivity index (χ4v) is 8.65. The second kappa shape index (κ2) is 6.52. The first kappa shape index (κ1) is 22.7. The van der Waals surface area contributed by atoms with E-state index in [1.54, 1.807) is 6.08 Å². The molecule has 3 fully saturated rings. The van der Waals surface area contributed by atoms with Crippen LogP contribution in [0.5, 0.6) is 0 Å². The highest BCUT2D eigenvalue weighted by atomic mass is 16.4. The second-order valence-corrected chi connectivity index (χ2v) is 12.9. The average molecular weight is 451 g/mol. The van der Waals surface area contributed by atoms with Gasteiger partial charge in [-0.15, -0.1) is 0 Å². The Morgan fingerprint density at radius 3 is 2.30 bits per heavy atom. The summed E-state index contributed by atoms with van der Waals surface area (Å²) in [5.41, 5.74) is 3.33. The largest absolute Gasteiger partial charge is 0.504 e. The number of rotatable bonds is 1. The lowest BCUT2D eigenvalue weighted by molar-refractivity contribution is -0.178. The summed E-state index contributed by atoms with van der Waals surface area (Å²) in [6, 6.07) is 0. The monoisotopic (exact) mass is 450 g/mol. The number of allylic oxidation sites excluding steroid dienone is 7. The minimum Gasteiger partial charge on any atom is -0.504 e. The standard InChI is InChI=1S/C29H38O4/c1-17-18-7-8-21-27(4,19(18)15-20(30)23(17)31)12-14-29(6)22-16-26(3,24(32)33)10-9-25(22,2)11-13-28(21,29)5/h7-8,15,22,31H,9-14,16H2,1-6H3,(H,32,33)/t22?,25?,26-,27?,28?,29+/m1/s1. The SMILES string of the molecule is CC1=C(O)C(=O)C=C2C1=CC=C1C2(C)CC[C@@]2(C)C3C[C@](C)(C(=O)O)CCC3(C)CCC12C. The van der Waals surface area contributed by atoms with Gasteiger partial charge in [-0.1, -0.05) is 45.4 Å². The molecule has 0 bridgehead atoms. The Kier molecular flexibility index (Phi) is 4.48. The Hall–Kier alpha value is -2.10. The van der Waals surface area contributed by atoms with Crippen molar-refractivity contribution in [2.75, 3.05) is 0 Å². The van der Waals surface area contributed by atoms with E-state index >= 15 is 0 Å². The Morgan fingerprint density at radius 2 is 1.64 bits per heavy atom. The Labute approximate surface area is 197 Å². The van der Waals surface area contributed by atoms with E-state index in [2.05, 4.69) is 39.8 Å². The summed E-state index contributed by atoms with van der Waals surface area (Å²) in [5, 5.41) is 20.3. The molecule has 2 N–H and O–H groups in total. The third kappa shape index (κ3) is 2.64. The maximum Gasteiger partial charge on any atom is 0.309 e. The van der Waals surface area contributed by atoms with Crippen molar-refractivity contribution in [2.45, 2.75) is 86.5 Å². The van der Waals surface area contributed by atoms with Gasteiger partial charge < -0.3 is 10.2 Å². The zero-order valence-electron chi connectivity index (χ0n) is 21.0. The van der Waals surface area contributed by atoms with Gasteiger partial charge in [0.05, 0.1) is 5.41 Å². The highest BCUT2D eigenvalue weighted by molar-refractivity contribution is 6.06. The maximum atomic E-state index is 12.6.